The number of nitrogens with zero attached hydrogens (tertiary/aromatic N) is 2. The molecule has 1 N–H and O–H groups in total. The van der Waals surface area contributed by atoms with E-state index in [1.807, 2.05) is 0 Å². The summed E-state index contributed by atoms with van der Waals surface area (Å²) in [5.74, 6) is -1.03. The fourth-order valence-electron chi connectivity index (χ4n) is 1.20. The molecule has 0 saturated carbocycles. The molecule has 1 amide bonds. The molecule has 1 aromatic carbocycles. The Bertz CT molecular complexity index is 590. The Morgan fingerprint density at radius 2 is 2.22 bits per heavy atom. The number of rotatable bonds is 3. The largest absolute Gasteiger partial charge is 0.299 e. The molecule has 0 aliphatic carbocycles. The van der Waals surface area contributed by atoms with Gasteiger partial charge in [0.15, 0.2) is 5.01 Å². The lowest BCUT2D eigenvalue weighted by atomic mass is 10.2. The maximum Gasteiger partial charge on any atom is 0.241 e. The molecule has 4 nitrogen and oxygen atoms in total. The van der Waals surface area contributed by atoms with Crippen molar-refractivity contribution in [2.75, 3.05) is 11.2 Å². The summed E-state index contributed by atoms with van der Waals surface area (Å²) in [6.45, 7) is 0. The van der Waals surface area contributed by atoms with Crippen molar-refractivity contribution in [2.45, 2.75) is 0 Å². The Hall–Kier alpha value is -1.24. The highest BCUT2D eigenvalue weighted by atomic mass is 35.5. The average molecular weight is 306 g/mol. The third-order valence-corrected chi connectivity index (χ3v) is 3.30. The first-order valence-corrected chi connectivity index (χ1v) is 6.48. The number of carbonyl (C=O) groups excluding carboxylic acids is 1. The van der Waals surface area contributed by atoms with E-state index in [9.17, 15) is 9.18 Å². The van der Waals surface area contributed by atoms with Gasteiger partial charge >= 0.3 is 0 Å². The van der Waals surface area contributed by atoms with Gasteiger partial charge in [-0.05, 0) is 18.2 Å². The number of benzene rings is 1. The first-order valence-electron chi connectivity index (χ1n) is 4.75. The molecule has 0 bridgehead atoms. The minimum Gasteiger partial charge on any atom is -0.299 e. The second kappa shape index (κ2) is 5.60. The summed E-state index contributed by atoms with van der Waals surface area (Å²) in [7, 11) is 0. The number of carbonyl (C=O) groups is 1. The van der Waals surface area contributed by atoms with Crippen LogP contribution in [0.5, 0.6) is 0 Å². The van der Waals surface area contributed by atoms with Gasteiger partial charge in [-0.3, -0.25) is 10.1 Å². The van der Waals surface area contributed by atoms with E-state index in [1.165, 1.54) is 18.2 Å². The zero-order valence-corrected chi connectivity index (χ0v) is 11.1. The Labute approximate surface area is 116 Å². The lowest BCUT2D eigenvalue weighted by molar-refractivity contribution is -0.113. The van der Waals surface area contributed by atoms with Crippen LogP contribution in [0.4, 0.5) is 9.52 Å². The smallest absolute Gasteiger partial charge is 0.241 e. The SMILES string of the molecule is O=C(CCl)Nc1nnc(-c2cc(Cl)ccc2F)s1. The molecule has 0 spiro atoms. The van der Waals surface area contributed by atoms with Gasteiger partial charge in [-0.2, -0.15) is 0 Å². The van der Waals surface area contributed by atoms with Crippen molar-refractivity contribution in [1.29, 1.82) is 0 Å². The molecule has 8 heteroatoms. The average Bonchev–Trinajstić information content (AvgIpc) is 2.80. The third kappa shape index (κ3) is 2.95. The Kier molecular flexibility index (Phi) is 4.11. The summed E-state index contributed by atoms with van der Waals surface area (Å²) >= 11 is 12.2. The molecular formula is C10H6Cl2FN3OS. The molecule has 0 unspecified atom stereocenters. The molecule has 18 heavy (non-hydrogen) atoms. The number of anilines is 1. The van der Waals surface area contributed by atoms with Gasteiger partial charge in [0, 0.05) is 10.6 Å². The highest BCUT2D eigenvalue weighted by Gasteiger charge is 2.13. The maximum atomic E-state index is 13.6. The first-order chi connectivity index (χ1) is 8.60. The van der Waals surface area contributed by atoms with Crippen LogP contribution in [0.3, 0.4) is 0 Å². The van der Waals surface area contributed by atoms with Gasteiger partial charge in [0.2, 0.25) is 11.0 Å². The molecular weight excluding hydrogens is 300 g/mol. The summed E-state index contributed by atoms with van der Waals surface area (Å²) in [6.07, 6.45) is 0. The molecule has 0 aliphatic rings. The van der Waals surface area contributed by atoms with Gasteiger partial charge in [0.1, 0.15) is 11.7 Å². The van der Waals surface area contributed by atoms with E-state index in [0.717, 1.165) is 11.3 Å². The molecule has 0 atom stereocenters. The zero-order valence-electron chi connectivity index (χ0n) is 8.78. The standard InChI is InChI=1S/C10H6Cl2FN3OS/c11-4-8(17)14-10-16-15-9(18-10)6-3-5(12)1-2-7(6)13/h1-3H,4H2,(H,14,16,17). The predicted molar refractivity (Wildman–Crippen MR) is 69.7 cm³/mol. The number of amides is 1. The molecule has 0 radical (unpaired) electrons. The second-order valence-corrected chi connectivity index (χ2v) is 4.90. The van der Waals surface area contributed by atoms with Gasteiger partial charge < -0.3 is 0 Å². The summed E-state index contributed by atoms with van der Waals surface area (Å²) < 4.78 is 13.6. The van der Waals surface area contributed by atoms with E-state index in [-0.39, 0.29) is 16.6 Å². The normalized spacial score (nSPS) is 10.4. The Morgan fingerprint density at radius 1 is 1.44 bits per heavy atom. The number of hydrogen-bond donors (Lipinski definition) is 1. The fourth-order valence-corrected chi connectivity index (χ4v) is 2.21. The van der Waals surface area contributed by atoms with Crippen molar-refractivity contribution >= 4 is 45.6 Å². The van der Waals surface area contributed by atoms with E-state index in [4.69, 9.17) is 23.2 Å². The lowest BCUT2D eigenvalue weighted by Gasteiger charge is -1.98. The molecule has 94 valence electrons. The monoisotopic (exact) mass is 305 g/mol. The maximum absolute atomic E-state index is 13.6. The van der Waals surface area contributed by atoms with Crippen LogP contribution in [0.15, 0.2) is 18.2 Å². The van der Waals surface area contributed by atoms with Gasteiger partial charge in [0.05, 0.1) is 0 Å². The highest BCUT2D eigenvalue weighted by molar-refractivity contribution is 7.18. The van der Waals surface area contributed by atoms with Crippen molar-refractivity contribution < 1.29 is 9.18 Å². The minimum atomic E-state index is -0.453. The van der Waals surface area contributed by atoms with Crippen molar-refractivity contribution in [2.24, 2.45) is 0 Å². The Morgan fingerprint density at radius 3 is 2.94 bits per heavy atom. The number of hydrogen-bond acceptors (Lipinski definition) is 4. The van der Waals surface area contributed by atoms with Crippen LogP contribution >= 0.6 is 34.5 Å². The van der Waals surface area contributed by atoms with E-state index in [1.54, 1.807) is 0 Å². The van der Waals surface area contributed by atoms with Crippen LogP contribution in [-0.4, -0.2) is 22.0 Å². The lowest BCUT2D eigenvalue weighted by Crippen LogP contribution is -2.12. The van der Waals surface area contributed by atoms with Crippen LogP contribution in [0.1, 0.15) is 0 Å². The van der Waals surface area contributed by atoms with Crippen LogP contribution in [0.2, 0.25) is 5.02 Å². The number of alkyl halides is 1. The molecule has 0 aliphatic heterocycles. The molecule has 0 fully saturated rings. The quantitative estimate of drug-likeness (QED) is 0.886. The van der Waals surface area contributed by atoms with Crippen LogP contribution in [0, 0.1) is 5.82 Å². The van der Waals surface area contributed by atoms with E-state index >= 15 is 0 Å². The minimum absolute atomic E-state index is 0.180. The summed E-state index contributed by atoms with van der Waals surface area (Å²) in [4.78, 5) is 11.0. The van der Waals surface area contributed by atoms with Crippen molar-refractivity contribution in [3.8, 4) is 10.6 Å². The predicted octanol–water partition coefficient (Wildman–Crippen LogP) is 3.17. The number of aromatic nitrogens is 2. The van der Waals surface area contributed by atoms with E-state index in [0.29, 0.717) is 10.0 Å². The summed E-state index contributed by atoms with van der Waals surface area (Å²) in [5, 5.41) is 10.9. The van der Waals surface area contributed by atoms with Crippen LogP contribution in [-0.2, 0) is 4.79 Å². The molecule has 0 saturated heterocycles. The van der Waals surface area contributed by atoms with Crippen molar-refractivity contribution in [1.82, 2.24) is 10.2 Å². The molecule has 1 heterocycles. The summed E-state index contributed by atoms with van der Waals surface area (Å²) in [6, 6.07) is 4.14. The first kappa shape index (κ1) is 13.2. The molecule has 1 aromatic heterocycles. The Balaban J connectivity index is 2.29. The van der Waals surface area contributed by atoms with Gasteiger partial charge in [-0.1, -0.05) is 22.9 Å². The molecule has 2 aromatic rings. The van der Waals surface area contributed by atoms with Crippen molar-refractivity contribution in [3.63, 3.8) is 0 Å². The second-order valence-electron chi connectivity index (χ2n) is 3.22. The van der Waals surface area contributed by atoms with Gasteiger partial charge in [-0.25, -0.2) is 4.39 Å². The van der Waals surface area contributed by atoms with E-state index < -0.39 is 11.7 Å². The number of nitrogens with one attached hydrogen (secondary N) is 1. The zero-order chi connectivity index (χ0) is 13.1. The third-order valence-electron chi connectivity index (χ3n) is 1.95. The van der Waals surface area contributed by atoms with Crippen LogP contribution in [0.25, 0.3) is 10.6 Å². The summed E-state index contributed by atoms with van der Waals surface area (Å²) in [5.41, 5.74) is 0.242. The van der Waals surface area contributed by atoms with E-state index in [2.05, 4.69) is 15.5 Å². The van der Waals surface area contributed by atoms with Crippen LogP contribution < -0.4 is 5.32 Å². The highest BCUT2D eigenvalue weighted by Crippen LogP contribution is 2.30. The fraction of sp³-hybridized carbons (Fsp3) is 0.100. The van der Waals surface area contributed by atoms with Gasteiger partial charge in [0.25, 0.3) is 0 Å². The molecule has 2 rings (SSSR count). The number of halogens is 3. The van der Waals surface area contributed by atoms with Crippen molar-refractivity contribution in [3.05, 3.63) is 29.0 Å². The van der Waals surface area contributed by atoms with Gasteiger partial charge in [-0.15, -0.1) is 21.8 Å². The topological polar surface area (TPSA) is 54.9 Å².